The molecule has 0 saturated carbocycles. The average Bonchev–Trinajstić information content (AvgIpc) is 3.14. The molecular formula is C21H27N7O. The van der Waals surface area contributed by atoms with Gasteiger partial charge in [0.1, 0.15) is 12.4 Å². The van der Waals surface area contributed by atoms with Gasteiger partial charge in [0.25, 0.3) is 0 Å². The number of nitrogens with zero attached hydrogens (tertiary/aromatic N) is 5. The predicted octanol–water partition coefficient (Wildman–Crippen LogP) is 2.35. The van der Waals surface area contributed by atoms with Crippen LogP contribution in [0.25, 0.3) is 11.0 Å². The topological polar surface area (TPSA) is 88.0 Å². The molecule has 3 aromatic rings. The van der Waals surface area contributed by atoms with Crippen LogP contribution < -0.4 is 15.5 Å². The number of hydrogen-bond acceptors (Lipinski definition) is 6. The summed E-state index contributed by atoms with van der Waals surface area (Å²) in [5, 5.41) is 6.16. The second-order valence-electron chi connectivity index (χ2n) is 7.38. The van der Waals surface area contributed by atoms with Gasteiger partial charge in [-0.3, -0.25) is 4.79 Å². The number of nitrogens with one attached hydrogen (secondary N) is 2. The lowest BCUT2D eigenvalue weighted by molar-refractivity contribution is -0.121. The Labute approximate surface area is 170 Å². The summed E-state index contributed by atoms with van der Waals surface area (Å²) in [7, 11) is 0. The number of para-hydroxylation sites is 2. The third-order valence-corrected chi connectivity index (χ3v) is 5.09. The first-order valence-corrected chi connectivity index (χ1v) is 10.2. The molecule has 0 radical (unpaired) electrons. The smallest absolute Gasteiger partial charge is 0.240 e. The largest absolute Gasteiger partial charge is 0.356 e. The van der Waals surface area contributed by atoms with Crippen molar-refractivity contribution < 1.29 is 4.79 Å². The Morgan fingerprint density at radius 2 is 1.93 bits per heavy atom. The van der Waals surface area contributed by atoms with Crippen LogP contribution in [0.1, 0.15) is 25.0 Å². The molecule has 0 aliphatic carbocycles. The van der Waals surface area contributed by atoms with E-state index in [1.54, 1.807) is 6.33 Å². The summed E-state index contributed by atoms with van der Waals surface area (Å²) >= 11 is 0. The molecular weight excluding hydrogens is 366 g/mol. The van der Waals surface area contributed by atoms with E-state index in [2.05, 4.69) is 30.5 Å². The molecule has 0 spiro atoms. The summed E-state index contributed by atoms with van der Waals surface area (Å²) in [5.41, 5.74) is 2.79. The van der Waals surface area contributed by atoms with Crippen LogP contribution in [0.5, 0.6) is 0 Å². The Morgan fingerprint density at radius 3 is 2.79 bits per heavy atom. The van der Waals surface area contributed by atoms with Crippen LogP contribution in [0.15, 0.2) is 36.7 Å². The van der Waals surface area contributed by atoms with Crippen molar-refractivity contribution in [3.05, 3.63) is 42.4 Å². The molecule has 0 bridgehead atoms. The number of imidazole rings is 1. The number of carbonyl (C=O) groups excluding carboxylic acids is 1. The zero-order chi connectivity index (χ0) is 20.1. The fourth-order valence-corrected chi connectivity index (χ4v) is 3.64. The summed E-state index contributed by atoms with van der Waals surface area (Å²) in [6.45, 7) is 5.41. The first-order chi connectivity index (χ1) is 14.2. The quantitative estimate of drug-likeness (QED) is 0.599. The van der Waals surface area contributed by atoms with Gasteiger partial charge in [-0.15, -0.1) is 0 Å². The summed E-state index contributed by atoms with van der Waals surface area (Å²) in [4.78, 5) is 28.0. The standard InChI is InChI=1S/C21H27N7O/c1-16-13-19(27-11-5-2-6-12-27)26-21(25-16)23-10-9-22-20(29)14-28-15-24-17-7-3-4-8-18(17)28/h3-4,7-8,13,15H,2,5-6,9-12,14H2,1H3,(H,22,29)(H,23,25,26). The maximum Gasteiger partial charge on any atom is 0.240 e. The summed E-state index contributed by atoms with van der Waals surface area (Å²) < 4.78 is 1.85. The highest BCUT2D eigenvalue weighted by atomic mass is 16.1. The lowest BCUT2D eigenvalue weighted by atomic mass is 10.1. The van der Waals surface area contributed by atoms with Crippen LogP contribution >= 0.6 is 0 Å². The molecule has 1 aliphatic rings. The molecule has 152 valence electrons. The maximum absolute atomic E-state index is 12.3. The van der Waals surface area contributed by atoms with E-state index in [-0.39, 0.29) is 12.5 Å². The summed E-state index contributed by atoms with van der Waals surface area (Å²) in [6.07, 6.45) is 5.42. The second-order valence-corrected chi connectivity index (χ2v) is 7.38. The van der Waals surface area contributed by atoms with E-state index in [1.165, 1.54) is 19.3 Å². The molecule has 1 amide bonds. The van der Waals surface area contributed by atoms with Gasteiger partial charge in [0, 0.05) is 37.9 Å². The number of aryl methyl sites for hydroxylation is 1. The van der Waals surface area contributed by atoms with Crippen molar-refractivity contribution >= 4 is 28.7 Å². The highest BCUT2D eigenvalue weighted by Crippen LogP contribution is 2.19. The van der Waals surface area contributed by atoms with E-state index < -0.39 is 0 Å². The average molecular weight is 393 g/mol. The lowest BCUT2D eigenvalue weighted by Crippen LogP contribution is -2.32. The first-order valence-electron chi connectivity index (χ1n) is 10.2. The van der Waals surface area contributed by atoms with E-state index >= 15 is 0 Å². The predicted molar refractivity (Wildman–Crippen MR) is 114 cm³/mol. The van der Waals surface area contributed by atoms with Gasteiger partial charge in [0.2, 0.25) is 11.9 Å². The monoisotopic (exact) mass is 393 g/mol. The fourth-order valence-electron chi connectivity index (χ4n) is 3.64. The van der Waals surface area contributed by atoms with Crippen molar-refractivity contribution in [3.63, 3.8) is 0 Å². The van der Waals surface area contributed by atoms with Crippen LogP contribution in [0.3, 0.4) is 0 Å². The van der Waals surface area contributed by atoms with E-state index in [1.807, 2.05) is 41.8 Å². The molecule has 1 aliphatic heterocycles. The number of hydrogen-bond donors (Lipinski definition) is 2. The van der Waals surface area contributed by atoms with Gasteiger partial charge < -0.3 is 20.1 Å². The number of benzene rings is 1. The third kappa shape index (κ3) is 4.82. The van der Waals surface area contributed by atoms with E-state index in [0.717, 1.165) is 35.6 Å². The number of aromatic nitrogens is 4. The van der Waals surface area contributed by atoms with Crippen LogP contribution in [0.4, 0.5) is 11.8 Å². The van der Waals surface area contributed by atoms with E-state index in [0.29, 0.717) is 19.0 Å². The van der Waals surface area contributed by atoms with Crippen molar-refractivity contribution in [1.82, 2.24) is 24.8 Å². The highest BCUT2D eigenvalue weighted by molar-refractivity contribution is 5.80. The summed E-state index contributed by atoms with van der Waals surface area (Å²) in [6, 6.07) is 9.82. The Hall–Kier alpha value is -3.16. The van der Waals surface area contributed by atoms with Crippen molar-refractivity contribution in [3.8, 4) is 0 Å². The zero-order valence-electron chi connectivity index (χ0n) is 16.8. The number of amides is 1. The third-order valence-electron chi connectivity index (χ3n) is 5.09. The minimum atomic E-state index is -0.0471. The van der Waals surface area contributed by atoms with Crippen molar-refractivity contribution in [2.24, 2.45) is 0 Å². The van der Waals surface area contributed by atoms with Crippen LogP contribution in [0.2, 0.25) is 0 Å². The van der Waals surface area contributed by atoms with Crippen LogP contribution in [-0.4, -0.2) is 51.6 Å². The van der Waals surface area contributed by atoms with Gasteiger partial charge in [-0.25, -0.2) is 9.97 Å². The minimum Gasteiger partial charge on any atom is -0.356 e. The van der Waals surface area contributed by atoms with Gasteiger partial charge in [-0.1, -0.05) is 12.1 Å². The molecule has 2 N–H and O–H groups in total. The Morgan fingerprint density at radius 1 is 1.10 bits per heavy atom. The molecule has 8 heteroatoms. The van der Waals surface area contributed by atoms with E-state index in [9.17, 15) is 4.79 Å². The van der Waals surface area contributed by atoms with Crippen LogP contribution in [-0.2, 0) is 11.3 Å². The molecule has 3 heterocycles. The second kappa shape index (κ2) is 8.89. The molecule has 4 rings (SSSR count). The Balaban J connectivity index is 1.27. The highest BCUT2D eigenvalue weighted by Gasteiger charge is 2.14. The lowest BCUT2D eigenvalue weighted by Gasteiger charge is -2.28. The Bertz CT molecular complexity index is 978. The summed E-state index contributed by atoms with van der Waals surface area (Å²) in [5.74, 6) is 1.55. The first kappa shape index (κ1) is 19.2. The number of rotatable bonds is 7. The van der Waals surface area contributed by atoms with Crippen LogP contribution in [0, 0.1) is 6.92 Å². The van der Waals surface area contributed by atoms with E-state index in [4.69, 9.17) is 0 Å². The maximum atomic E-state index is 12.3. The van der Waals surface area contributed by atoms with Gasteiger partial charge >= 0.3 is 0 Å². The molecule has 1 saturated heterocycles. The van der Waals surface area contributed by atoms with Crippen molar-refractivity contribution in [2.75, 3.05) is 36.4 Å². The molecule has 1 fully saturated rings. The molecule has 29 heavy (non-hydrogen) atoms. The minimum absolute atomic E-state index is 0.0471. The van der Waals surface area contributed by atoms with Gasteiger partial charge in [-0.05, 0) is 38.3 Å². The number of piperidine rings is 1. The molecule has 0 unspecified atom stereocenters. The molecule has 1 aromatic carbocycles. The fraction of sp³-hybridized carbons (Fsp3) is 0.429. The number of anilines is 2. The van der Waals surface area contributed by atoms with Gasteiger partial charge in [0.15, 0.2) is 0 Å². The van der Waals surface area contributed by atoms with Crippen molar-refractivity contribution in [2.45, 2.75) is 32.7 Å². The van der Waals surface area contributed by atoms with Gasteiger partial charge in [-0.2, -0.15) is 4.98 Å². The zero-order valence-corrected chi connectivity index (χ0v) is 16.8. The SMILES string of the molecule is Cc1cc(N2CCCCC2)nc(NCCNC(=O)Cn2cnc3ccccc32)n1. The van der Waals surface area contributed by atoms with Crippen molar-refractivity contribution in [1.29, 1.82) is 0 Å². The Kier molecular flexibility index (Phi) is 5.88. The molecule has 8 nitrogen and oxygen atoms in total. The number of carbonyl (C=O) groups is 1. The van der Waals surface area contributed by atoms with Gasteiger partial charge in [0.05, 0.1) is 17.4 Å². The molecule has 0 atom stereocenters. The molecule has 2 aromatic heterocycles. The normalized spacial score (nSPS) is 14.2. The number of fused-ring (bicyclic) bond motifs is 1.